The number of halogens is 1. The van der Waals surface area contributed by atoms with Crippen LogP contribution in [0.2, 0.25) is 0 Å². The number of ether oxygens (including phenoxy) is 3. The molecule has 6 nitrogen and oxygen atoms in total. The third-order valence-electron chi connectivity index (χ3n) is 3.36. The third kappa shape index (κ3) is 5.07. The first kappa shape index (κ1) is 17.5. The summed E-state index contributed by atoms with van der Waals surface area (Å²) in [4.78, 5) is 8.38. The summed E-state index contributed by atoms with van der Waals surface area (Å²) in [5, 5.41) is 3.06. The highest BCUT2D eigenvalue weighted by Crippen LogP contribution is 2.20. The Hall–Kier alpha value is -3.35. The van der Waals surface area contributed by atoms with Crippen molar-refractivity contribution < 1.29 is 18.6 Å². The largest absolute Gasteiger partial charge is 0.497 e. The molecule has 3 aromatic rings. The molecule has 7 heteroatoms. The van der Waals surface area contributed by atoms with E-state index in [0.717, 1.165) is 11.5 Å². The van der Waals surface area contributed by atoms with Gasteiger partial charge in [0.2, 0.25) is 11.8 Å². The zero-order valence-electron chi connectivity index (χ0n) is 14.2. The number of nitrogens with one attached hydrogen (secondary N) is 1. The molecule has 0 spiro atoms. The molecule has 0 aliphatic rings. The van der Waals surface area contributed by atoms with Crippen molar-refractivity contribution in [1.82, 2.24) is 9.97 Å². The molecule has 1 heterocycles. The van der Waals surface area contributed by atoms with Crippen LogP contribution in [-0.4, -0.2) is 30.2 Å². The van der Waals surface area contributed by atoms with E-state index in [-0.39, 0.29) is 5.82 Å². The van der Waals surface area contributed by atoms with Gasteiger partial charge in [0.05, 0.1) is 13.7 Å². The lowest BCUT2D eigenvalue weighted by Crippen LogP contribution is -2.13. The molecule has 26 heavy (non-hydrogen) atoms. The first-order valence-electron chi connectivity index (χ1n) is 8.00. The minimum absolute atomic E-state index is 0.321. The van der Waals surface area contributed by atoms with Crippen LogP contribution in [0.4, 0.5) is 10.3 Å². The normalized spacial score (nSPS) is 10.2. The molecule has 0 unspecified atom stereocenters. The summed E-state index contributed by atoms with van der Waals surface area (Å²) in [6.45, 7) is 0.941. The molecule has 0 radical (unpaired) electrons. The van der Waals surface area contributed by atoms with Gasteiger partial charge in [-0.25, -0.2) is 9.37 Å². The maximum absolute atomic E-state index is 12.9. The van der Waals surface area contributed by atoms with Gasteiger partial charge >= 0.3 is 0 Å². The van der Waals surface area contributed by atoms with Gasteiger partial charge in [-0.15, -0.1) is 0 Å². The number of benzene rings is 2. The van der Waals surface area contributed by atoms with Gasteiger partial charge in [0.15, 0.2) is 0 Å². The molecule has 0 aliphatic heterocycles. The lowest BCUT2D eigenvalue weighted by molar-refractivity contribution is 0.329. The van der Waals surface area contributed by atoms with Crippen molar-refractivity contribution in [2.75, 3.05) is 25.6 Å². The number of methoxy groups -OCH3 is 1. The lowest BCUT2D eigenvalue weighted by atomic mass is 10.3. The monoisotopic (exact) mass is 355 g/mol. The molecule has 0 fully saturated rings. The Balaban J connectivity index is 1.49. The summed E-state index contributed by atoms with van der Waals surface area (Å²) in [5.74, 6) is 2.42. The van der Waals surface area contributed by atoms with E-state index in [9.17, 15) is 4.39 Å². The Morgan fingerprint density at radius 3 is 2.62 bits per heavy atom. The van der Waals surface area contributed by atoms with Gasteiger partial charge in [-0.2, -0.15) is 4.98 Å². The van der Waals surface area contributed by atoms with E-state index in [1.54, 1.807) is 19.4 Å². The standard InChI is InChI=1S/C19H18FN3O3/c1-24-16-3-2-4-17(13-16)25-12-11-22-19-21-10-9-18(23-19)26-15-7-5-14(20)6-8-15/h2-10,13H,11-12H2,1H3,(H,21,22,23). The van der Waals surface area contributed by atoms with E-state index in [4.69, 9.17) is 14.2 Å². The van der Waals surface area contributed by atoms with Gasteiger partial charge in [-0.05, 0) is 36.4 Å². The molecule has 2 aromatic carbocycles. The quantitative estimate of drug-likeness (QED) is 0.618. The fraction of sp³-hybridized carbons (Fsp3) is 0.158. The minimum atomic E-state index is -0.321. The number of rotatable bonds is 8. The average Bonchev–Trinajstić information content (AvgIpc) is 2.68. The van der Waals surface area contributed by atoms with Crippen molar-refractivity contribution in [2.24, 2.45) is 0 Å². The zero-order valence-corrected chi connectivity index (χ0v) is 14.2. The minimum Gasteiger partial charge on any atom is -0.497 e. The third-order valence-corrected chi connectivity index (χ3v) is 3.36. The van der Waals surface area contributed by atoms with Gasteiger partial charge in [0.1, 0.15) is 29.7 Å². The van der Waals surface area contributed by atoms with E-state index in [0.29, 0.717) is 30.7 Å². The second-order valence-corrected chi connectivity index (χ2v) is 5.23. The Morgan fingerprint density at radius 1 is 1.00 bits per heavy atom. The summed E-state index contributed by atoms with van der Waals surface area (Å²) in [5.41, 5.74) is 0. The van der Waals surface area contributed by atoms with Crippen LogP contribution in [-0.2, 0) is 0 Å². The molecule has 0 aliphatic carbocycles. The SMILES string of the molecule is COc1cccc(OCCNc2nccc(Oc3ccc(F)cc3)n2)c1. The zero-order chi connectivity index (χ0) is 18.2. The molecule has 0 amide bonds. The molecule has 0 saturated carbocycles. The number of hydrogen-bond donors (Lipinski definition) is 1. The second kappa shape index (κ2) is 8.66. The summed E-state index contributed by atoms with van der Waals surface area (Å²) >= 11 is 0. The van der Waals surface area contributed by atoms with Crippen LogP contribution in [0, 0.1) is 5.82 Å². The number of anilines is 1. The maximum Gasteiger partial charge on any atom is 0.226 e. The molecule has 1 aromatic heterocycles. The van der Waals surface area contributed by atoms with Crippen LogP contribution in [0.1, 0.15) is 0 Å². The molecule has 0 atom stereocenters. The Bertz CT molecular complexity index is 843. The Kier molecular flexibility index (Phi) is 5.82. The molecule has 0 saturated heterocycles. The molecule has 134 valence electrons. The van der Waals surface area contributed by atoms with Crippen LogP contribution in [0.5, 0.6) is 23.1 Å². The molecule has 3 rings (SSSR count). The number of hydrogen-bond acceptors (Lipinski definition) is 6. The fourth-order valence-corrected chi connectivity index (χ4v) is 2.13. The van der Waals surface area contributed by atoms with Crippen LogP contribution in [0.25, 0.3) is 0 Å². The van der Waals surface area contributed by atoms with Gasteiger partial charge in [-0.1, -0.05) is 6.07 Å². The Labute approximate surface area is 150 Å². The van der Waals surface area contributed by atoms with Crippen LogP contribution >= 0.6 is 0 Å². The first-order chi connectivity index (χ1) is 12.7. The summed E-state index contributed by atoms with van der Waals surface area (Å²) in [6, 6.07) is 14.7. The van der Waals surface area contributed by atoms with E-state index in [1.807, 2.05) is 24.3 Å². The second-order valence-electron chi connectivity index (χ2n) is 5.23. The highest BCUT2D eigenvalue weighted by molar-refractivity contribution is 5.33. The average molecular weight is 355 g/mol. The fourth-order valence-electron chi connectivity index (χ4n) is 2.13. The lowest BCUT2D eigenvalue weighted by Gasteiger charge is -2.09. The first-order valence-corrected chi connectivity index (χ1v) is 8.00. The highest BCUT2D eigenvalue weighted by Gasteiger charge is 2.03. The number of aromatic nitrogens is 2. The summed E-state index contributed by atoms with van der Waals surface area (Å²) < 4.78 is 29.3. The van der Waals surface area contributed by atoms with Crippen molar-refractivity contribution in [3.8, 4) is 23.1 Å². The van der Waals surface area contributed by atoms with E-state index < -0.39 is 0 Å². The molecule has 0 bridgehead atoms. The molecule has 1 N–H and O–H groups in total. The van der Waals surface area contributed by atoms with Crippen molar-refractivity contribution in [3.05, 3.63) is 66.6 Å². The molecular formula is C19H18FN3O3. The topological polar surface area (TPSA) is 65.5 Å². The van der Waals surface area contributed by atoms with Gasteiger partial charge < -0.3 is 19.5 Å². The van der Waals surface area contributed by atoms with Crippen molar-refractivity contribution in [2.45, 2.75) is 0 Å². The smallest absolute Gasteiger partial charge is 0.226 e. The van der Waals surface area contributed by atoms with Crippen LogP contribution in [0.15, 0.2) is 60.8 Å². The predicted molar refractivity (Wildman–Crippen MR) is 95.5 cm³/mol. The van der Waals surface area contributed by atoms with E-state index >= 15 is 0 Å². The van der Waals surface area contributed by atoms with Gasteiger partial charge in [0, 0.05) is 18.3 Å². The van der Waals surface area contributed by atoms with Crippen LogP contribution in [0.3, 0.4) is 0 Å². The molecular weight excluding hydrogens is 337 g/mol. The number of nitrogens with zero attached hydrogens (tertiary/aromatic N) is 2. The van der Waals surface area contributed by atoms with Gasteiger partial charge in [0.25, 0.3) is 0 Å². The van der Waals surface area contributed by atoms with Gasteiger partial charge in [-0.3, -0.25) is 0 Å². The van der Waals surface area contributed by atoms with E-state index in [1.165, 1.54) is 24.3 Å². The van der Waals surface area contributed by atoms with Crippen molar-refractivity contribution >= 4 is 5.95 Å². The van der Waals surface area contributed by atoms with Crippen LogP contribution < -0.4 is 19.5 Å². The highest BCUT2D eigenvalue weighted by atomic mass is 19.1. The van der Waals surface area contributed by atoms with E-state index in [2.05, 4.69) is 15.3 Å². The van der Waals surface area contributed by atoms with Crippen molar-refractivity contribution in [3.63, 3.8) is 0 Å². The Morgan fingerprint density at radius 2 is 1.81 bits per heavy atom. The maximum atomic E-state index is 12.9. The predicted octanol–water partition coefficient (Wildman–Crippen LogP) is 3.91. The summed E-state index contributed by atoms with van der Waals surface area (Å²) in [7, 11) is 1.61. The summed E-state index contributed by atoms with van der Waals surface area (Å²) in [6.07, 6.45) is 1.58. The van der Waals surface area contributed by atoms with Crippen molar-refractivity contribution in [1.29, 1.82) is 0 Å².